The summed E-state index contributed by atoms with van der Waals surface area (Å²) in [5.41, 5.74) is 6.87. The number of hydrogen-bond donors (Lipinski definition) is 1. The average Bonchev–Trinajstić information content (AvgIpc) is 2.54. The molecule has 0 aliphatic rings. The molecule has 0 saturated carbocycles. The summed E-state index contributed by atoms with van der Waals surface area (Å²) in [7, 11) is -3.91. The van der Waals surface area contributed by atoms with Crippen LogP contribution in [0.1, 0.15) is 11.1 Å². The Morgan fingerprint density at radius 1 is 1.04 bits per heavy atom. The molecular weight excluding hydrogens is 351 g/mol. The SMILES string of the molecule is Cc1cccc(S(=O)(=O)N(CCN)CCc2ccccc2)c1F.Cl. The maximum atomic E-state index is 14.2. The number of benzene rings is 2. The van der Waals surface area contributed by atoms with Crippen molar-refractivity contribution in [1.82, 2.24) is 4.31 Å². The van der Waals surface area contributed by atoms with Crippen LogP contribution >= 0.6 is 12.4 Å². The van der Waals surface area contributed by atoms with E-state index in [0.717, 1.165) is 5.56 Å². The van der Waals surface area contributed by atoms with Gasteiger partial charge in [-0.2, -0.15) is 4.31 Å². The Hall–Kier alpha value is -1.47. The smallest absolute Gasteiger partial charge is 0.246 e. The predicted molar refractivity (Wildman–Crippen MR) is 96.3 cm³/mol. The first-order valence-electron chi connectivity index (χ1n) is 7.46. The largest absolute Gasteiger partial charge is 0.329 e. The summed E-state index contributed by atoms with van der Waals surface area (Å²) < 4.78 is 41.0. The summed E-state index contributed by atoms with van der Waals surface area (Å²) >= 11 is 0. The lowest BCUT2D eigenvalue weighted by atomic mass is 10.1. The van der Waals surface area contributed by atoms with Gasteiger partial charge < -0.3 is 5.73 Å². The zero-order valence-electron chi connectivity index (χ0n) is 13.5. The molecule has 0 unspecified atom stereocenters. The van der Waals surface area contributed by atoms with Crippen molar-refractivity contribution >= 4 is 22.4 Å². The standard InChI is InChI=1S/C17H21FN2O2S.ClH/c1-14-6-5-9-16(17(14)18)23(21,22)20(13-11-19)12-10-15-7-3-2-4-8-15;/h2-9H,10-13,19H2,1H3;1H. The van der Waals surface area contributed by atoms with Gasteiger partial charge in [-0.1, -0.05) is 42.5 Å². The molecular formula is C17H22ClFN2O2S. The first-order valence-corrected chi connectivity index (χ1v) is 8.90. The van der Waals surface area contributed by atoms with Gasteiger partial charge >= 0.3 is 0 Å². The Labute approximate surface area is 148 Å². The summed E-state index contributed by atoms with van der Waals surface area (Å²) in [5.74, 6) is -0.700. The number of aryl methyl sites for hydroxylation is 1. The topological polar surface area (TPSA) is 63.4 Å². The number of nitrogens with zero attached hydrogens (tertiary/aromatic N) is 1. The first-order chi connectivity index (χ1) is 11.0. The minimum absolute atomic E-state index is 0. The van der Waals surface area contributed by atoms with E-state index in [1.165, 1.54) is 10.4 Å². The van der Waals surface area contributed by atoms with Crippen molar-refractivity contribution < 1.29 is 12.8 Å². The predicted octanol–water partition coefficient (Wildman–Crippen LogP) is 2.75. The quantitative estimate of drug-likeness (QED) is 0.812. The molecule has 0 bridgehead atoms. The summed E-state index contributed by atoms with van der Waals surface area (Å²) in [6.07, 6.45) is 0.549. The first kappa shape index (κ1) is 20.6. The van der Waals surface area contributed by atoms with Crippen molar-refractivity contribution in [3.05, 3.63) is 65.5 Å². The van der Waals surface area contributed by atoms with Gasteiger partial charge in [0.15, 0.2) is 0 Å². The van der Waals surface area contributed by atoms with Crippen LogP contribution in [-0.2, 0) is 16.4 Å². The fraction of sp³-hybridized carbons (Fsp3) is 0.294. The molecule has 0 aliphatic carbocycles. The molecule has 7 heteroatoms. The van der Waals surface area contributed by atoms with Crippen LogP contribution in [0.2, 0.25) is 0 Å². The molecule has 132 valence electrons. The van der Waals surface area contributed by atoms with Crippen LogP contribution in [0.3, 0.4) is 0 Å². The van der Waals surface area contributed by atoms with Gasteiger partial charge in [0.25, 0.3) is 0 Å². The lowest BCUT2D eigenvalue weighted by molar-refractivity contribution is 0.417. The molecule has 4 nitrogen and oxygen atoms in total. The zero-order chi connectivity index (χ0) is 16.9. The minimum atomic E-state index is -3.91. The Balaban J connectivity index is 0.00000288. The van der Waals surface area contributed by atoms with Crippen LogP contribution in [0, 0.1) is 12.7 Å². The number of hydrogen-bond acceptors (Lipinski definition) is 3. The molecule has 0 radical (unpaired) electrons. The van der Waals surface area contributed by atoms with E-state index in [2.05, 4.69) is 0 Å². The molecule has 2 aromatic rings. The summed E-state index contributed by atoms with van der Waals surface area (Å²) in [5, 5.41) is 0. The third-order valence-electron chi connectivity index (χ3n) is 3.65. The van der Waals surface area contributed by atoms with Gasteiger partial charge in [0.05, 0.1) is 0 Å². The maximum Gasteiger partial charge on any atom is 0.246 e. The van der Waals surface area contributed by atoms with Gasteiger partial charge in [-0.15, -0.1) is 12.4 Å². The van der Waals surface area contributed by atoms with Crippen molar-refractivity contribution in [3.63, 3.8) is 0 Å². The van der Waals surface area contributed by atoms with E-state index in [1.807, 2.05) is 30.3 Å². The zero-order valence-corrected chi connectivity index (χ0v) is 15.1. The molecule has 24 heavy (non-hydrogen) atoms. The second kappa shape index (κ2) is 9.13. The van der Waals surface area contributed by atoms with Crippen molar-refractivity contribution in [2.24, 2.45) is 5.73 Å². The van der Waals surface area contributed by atoms with Crippen molar-refractivity contribution in [2.75, 3.05) is 19.6 Å². The van der Waals surface area contributed by atoms with Gasteiger partial charge in [-0.3, -0.25) is 0 Å². The van der Waals surface area contributed by atoms with Crippen LogP contribution in [0.25, 0.3) is 0 Å². The van der Waals surface area contributed by atoms with E-state index >= 15 is 0 Å². The Morgan fingerprint density at radius 2 is 1.71 bits per heavy atom. The molecule has 0 aliphatic heterocycles. The van der Waals surface area contributed by atoms with Gasteiger partial charge in [0, 0.05) is 19.6 Å². The Kier molecular flexibility index (Phi) is 7.83. The summed E-state index contributed by atoms with van der Waals surface area (Å²) in [6, 6.07) is 14.0. The van der Waals surface area contributed by atoms with E-state index in [1.54, 1.807) is 19.1 Å². The number of rotatable bonds is 7. The molecule has 2 aromatic carbocycles. The molecule has 2 rings (SSSR count). The van der Waals surface area contributed by atoms with Crippen molar-refractivity contribution in [3.8, 4) is 0 Å². The van der Waals surface area contributed by atoms with Gasteiger partial charge in [0.2, 0.25) is 10.0 Å². The number of nitrogens with two attached hydrogens (primary N) is 1. The van der Waals surface area contributed by atoms with Crippen LogP contribution < -0.4 is 5.73 Å². The summed E-state index contributed by atoms with van der Waals surface area (Å²) in [6.45, 7) is 2.15. The molecule has 0 spiro atoms. The normalized spacial score (nSPS) is 11.3. The van der Waals surface area contributed by atoms with E-state index in [9.17, 15) is 12.8 Å². The molecule has 2 N–H and O–H groups in total. The number of halogens is 2. The van der Waals surface area contributed by atoms with Crippen molar-refractivity contribution in [1.29, 1.82) is 0 Å². The molecule has 0 aromatic heterocycles. The Morgan fingerprint density at radius 3 is 2.33 bits per heavy atom. The summed E-state index contributed by atoms with van der Waals surface area (Å²) in [4.78, 5) is -0.293. The lowest BCUT2D eigenvalue weighted by Gasteiger charge is -2.22. The molecule has 0 heterocycles. The van der Waals surface area contributed by atoms with Crippen LogP contribution in [-0.4, -0.2) is 32.4 Å². The highest BCUT2D eigenvalue weighted by Crippen LogP contribution is 2.21. The van der Waals surface area contributed by atoms with Crippen LogP contribution in [0.5, 0.6) is 0 Å². The third-order valence-corrected chi connectivity index (χ3v) is 5.56. The highest BCUT2D eigenvalue weighted by Gasteiger charge is 2.27. The number of sulfonamides is 1. The van der Waals surface area contributed by atoms with E-state index < -0.39 is 15.8 Å². The molecule has 0 amide bonds. The highest BCUT2D eigenvalue weighted by molar-refractivity contribution is 7.89. The lowest BCUT2D eigenvalue weighted by Crippen LogP contribution is -2.37. The van der Waals surface area contributed by atoms with Gasteiger partial charge in [-0.05, 0) is 30.5 Å². The average molecular weight is 373 g/mol. The second-order valence-electron chi connectivity index (χ2n) is 5.32. The van der Waals surface area contributed by atoms with Crippen LogP contribution in [0.4, 0.5) is 4.39 Å². The molecule has 0 atom stereocenters. The second-order valence-corrected chi connectivity index (χ2v) is 7.22. The fourth-order valence-corrected chi connectivity index (χ4v) is 3.95. The monoisotopic (exact) mass is 372 g/mol. The Bertz CT molecular complexity index is 754. The minimum Gasteiger partial charge on any atom is -0.329 e. The fourth-order valence-electron chi connectivity index (χ4n) is 2.35. The van der Waals surface area contributed by atoms with Gasteiger partial charge in [0.1, 0.15) is 10.7 Å². The third kappa shape index (κ3) is 4.77. The van der Waals surface area contributed by atoms with E-state index in [0.29, 0.717) is 12.0 Å². The molecule has 0 fully saturated rings. The van der Waals surface area contributed by atoms with Gasteiger partial charge in [-0.25, -0.2) is 12.8 Å². The van der Waals surface area contributed by atoms with E-state index in [4.69, 9.17) is 5.73 Å². The van der Waals surface area contributed by atoms with Crippen LogP contribution in [0.15, 0.2) is 53.4 Å². The molecule has 0 saturated heterocycles. The maximum absolute atomic E-state index is 14.2. The van der Waals surface area contributed by atoms with E-state index in [-0.39, 0.29) is 36.9 Å². The highest BCUT2D eigenvalue weighted by atomic mass is 35.5. The van der Waals surface area contributed by atoms with Crippen molar-refractivity contribution in [2.45, 2.75) is 18.2 Å².